The van der Waals surface area contributed by atoms with Crippen molar-refractivity contribution in [1.29, 1.82) is 0 Å². The second-order valence-electron chi connectivity index (χ2n) is 6.57. The highest BCUT2D eigenvalue weighted by Crippen LogP contribution is 2.34. The lowest BCUT2D eigenvalue weighted by Crippen LogP contribution is -2.42. The summed E-state index contributed by atoms with van der Waals surface area (Å²) in [6.45, 7) is 11.4. The van der Waals surface area contributed by atoms with Gasteiger partial charge in [0, 0.05) is 25.6 Å². The predicted octanol–water partition coefficient (Wildman–Crippen LogP) is 3.15. The van der Waals surface area contributed by atoms with Gasteiger partial charge in [-0.05, 0) is 24.7 Å². The number of guanidine groups is 1. The van der Waals surface area contributed by atoms with E-state index in [4.69, 9.17) is 10.5 Å². The first-order valence-corrected chi connectivity index (χ1v) is 7.60. The van der Waals surface area contributed by atoms with Gasteiger partial charge in [-0.15, -0.1) is 24.0 Å². The van der Waals surface area contributed by atoms with Crippen molar-refractivity contribution in [2.75, 3.05) is 19.7 Å². The normalized spacial score (nSPS) is 24.1. The molecule has 0 aromatic rings. The molecule has 2 unspecified atom stereocenters. The minimum absolute atomic E-state index is 0. The second kappa shape index (κ2) is 9.82. The van der Waals surface area contributed by atoms with E-state index < -0.39 is 0 Å². The number of hydrogen-bond acceptors (Lipinski definition) is 2. The third-order valence-corrected chi connectivity index (χ3v) is 3.63. The molecule has 5 heteroatoms. The van der Waals surface area contributed by atoms with Crippen LogP contribution in [0.25, 0.3) is 0 Å². The number of unbranched alkanes of at least 4 members (excludes halogenated alkanes) is 1. The van der Waals surface area contributed by atoms with Crippen LogP contribution in [0.15, 0.2) is 4.99 Å². The SMILES string of the molecule is CCCCNC(N)=NCC1CCCOC1C(C)(C)C.I. The molecule has 0 aromatic carbocycles. The van der Waals surface area contributed by atoms with Crippen molar-refractivity contribution in [2.45, 2.75) is 59.5 Å². The Morgan fingerprint density at radius 3 is 2.70 bits per heavy atom. The van der Waals surface area contributed by atoms with Crippen molar-refractivity contribution in [1.82, 2.24) is 5.32 Å². The quantitative estimate of drug-likeness (QED) is 0.324. The summed E-state index contributed by atoms with van der Waals surface area (Å²) in [4.78, 5) is 4.49. The highest BCUT2D eigenvalue weighted by molar-refractivity contribution is 14.0. The van der Waals surface area contributed by atoms with Gasteiger partial charge in [0.2, 0.25) is 0 Å². The Bertz CT molecular complexity index is 289. The molecule has 0 radical (unpaired) electrons. The fourth-order valence-corrected chi connectivity index (χ4v) is 2.65. The zero-order chi connectivity index (χ0) is 14.3. The summed E-state index contributed by atoms with van der Waals surface area (Å²) in [6.07, 6.45) is 4.91. The number of ether oxygens (including phenoxy) is 1. The van der Waals surface area contributed by atoms with Gasteiger partial charge in [0.05, 0.1) is 6.10 Å². The molecule has 1 rings (SSSR count). The number of halogens is 1. The lowest BCUT2D eigenvalue weighted by atomic mass is 9.78. The minimum atomic E-state index is 0. The van der Waals surface area contributed by atoms with Crippen molar-refractivity contribution in [2.24, 2.45) is 22.1 Å². The highest BCUT2D eigenvalue weighted by atomic mass is 127. The van der Waals surface area contributed by atoms with Crippen LogP contribution in [0.4, 0.5) is 0 Å². The van der Waals surface area contributed by atoms with Crippen molar-refractivity contribution in [3.05, 3.63) is 0 Å². The molecule has 1 saturated heterocycles. The summed E-state index contributed by atoms with van der Waals surface area (Å²) in [5.74, 6) is 1.06. The molecule has 0 aromatic heterocycles. The van der Waals surface area contributed by atoms with E-state index in [2.05, 4.69) is 38.0 Å². The molecule has 0 aliphatic carbocycles. The monoisotopic (exact) mass is 397 g/mol. The van der Waals surface area contributed by atoms with E-state index in [1.165, 1.54) is 12.8 Å². The van der Waals surface area contributed by atoms with E-state index in [0.29, 0.717) is 11.9 Å². The van der Waals surface area contributed by atoms with Crippen molar-refractivity contribution >= 4 is 29.9 Å². The molecular weight excluding hydrogens is 365 g/mol. The topological polar surface area (TPSA) is 59.6 Å². The Labute approximate surface area is 141 Å². The molecule has 0 amide bonds. The van der Waals surface area contributed by atoms with Gasteiger partial charge in [0.1, 0.15) is 0 Å². The number of hydrogen-bond donors (Lipinski definition) is 2. The van der Waals surface area contributed by atoms with Gasteiger partial charge in [-0.1, -0.05) is 34.1 Å². The number of aliphatic imine (C=N–C) groups is 1. The number of nitrogens with one attached hydrogen (secondary N) is 1. The fraction of sp³-hybridized carbons (Fsp3) is 0.933. The van der Waals surface area contributed by atoms with Gasteiger partial charge in [-0.25, -0.2) is 0 Å². The Morgan fingerprint density at radius 1 is 1.40 bits per heavy atom. The van der Waals surface area contributed by atoms with Crippen LogP contribution in [0.2, 0.25) is 0 Å². The smallest absolute Gasteiger partial charge is 0.188 e. The van der Waals surface area contributed by atoms with Gasteiger partial charge < -0.3 is 15.8 Å². The first-order valence-electron chi connectivity index (χ1n) is 7.60. The second-order valence-corrected chi connectivity index (χ2v) is 6.57. The van der Waals surface area contributed by atoms with E-state index in [-0.39, 0.29) is 35.5 Å². The summed E-state index contributed by atoms with van der Waals surface area (Å²) in [6, 6.07) is 0. The van der Waals surface area contributed by atoms with Crippen LogP contribution in [-0.4, -0.2) is 31.8 Å². The Hall–Kier alpha value is -0.0400. The van der Waals surface area contributed by atoms with E-state index in [9.17, 15) is 0 Å². The highest BCUT2D eigenvalue weighted by Gasteiger charge is 2.35. The summed E-state index contributed by atoms with van der Waals surface area (Å²) >= 11 is 0. The third-order valence-electron chi connectivity index (χ3n) is 3.63. The first-order chi connectivity index (χ1) is 8.95. The van der Waals surface area contributed by atoms with Gasteiger partial charge >= 0.3 is 0 Å². The third kappa shape index (κ3) is 7.11. The first kappa shape index (κ1) is 20.0. The standard InChI is InChI=1S/C15H31N3O.HI/c1-5-6-9-17-14(16)18-11-12-8-7-10-19-13(12)15(2,3)4;/h12-13H,5-11H2,1-4H3,(H3,16,17,18);1H. The molecule has 4 nitrogen and oxygen atoms in total. The van der Waals surface area contributed by atoms with Crippen molar-refractivity contribution < 1.29 is 4.74 Å². The van der Waals surface area contributed by atoms with Crippen LogP contribution in [0, 0.1) is 11.3 Å². The molecule has 3 N–H and O–H groups in total. The van der Waals surface area contributed by atoms with Crippen LogP contribution in [0.1, 0.15) is 53.4 Å². The van der Waals surface area contributed by atoms with Crippen LogP contribution in [0.3, 0.4) is 0 Å². The maximum Gasteiger partial charge on any atom is 0.188 e. The number of rotatable bonds is 5. The van der Waals surface area contributed by atoms with Crippen LogP contribution < -0.4 is 11.1 Å². The van der Waals surface area contributed by atoms with Gasteiger partial charge in [0.15, 0.2) is 5.96 Å². The van der Waals surface area contributed by atoms with Gasteiger partial charge in [-0.3, -0.25) is 4.99 Å². The lowest BCUT2D eigenvalue weighted by Gasteiger charge is -2.39. The molecule has 0 bridgehead atoms. The summed E-state index contributed by atoms with van der Waals surface area (Å²) in [5, 5.41) is 3.16. The van der Waals surface area contributed by atoms with E-state index in [1.54, 1.807) is 0 Å². The molecule has 1 aliphatic rings. The molecule has 1 aliphatic heterocycles. The number of nitrogens with two attached hydrogens (primary N) is 1. The predicted molar refractivity (Wildman–Crippen MR) is 96.7 cm³/mol. The molecule has 0 saturated carbocycles. The molecule has 1 fully saturated rings. The summed E-state index contributed by atoms with van der Waals surface area (Å²) in [5.41, 5.74) is 6.06. The molecule has 120 valence electrons. The Balaban J connectivity index is 0.00000361. The number of nitrogens with zero attached hydrogens (tertiary/aromatic N) is 1. The zero-order valence-electron chi connectivity index (χ0n) is 13.4. The van der Waals surface area contributed by atoms with Crippen LogP contribution >= 0.6 is 24.0 Å². The molecule has 0 spiro atoms. The fourth-order valence-electron chi connectivity index (χ4n) is 2.65. The largest absolute Gasteiger partial charge is 0.377 e. The maximum atomic E-state index is 5.96. The average Bonchev–Trinajstić information content (AvgIpc) is 2.36. The summed E-state index contributed by atoms with van der Waals surface area (Å²) < 4.78 is 5.96. The molecule has 1 heterocycles. The lowest BCUT2D eigenvalue weighted by molar-refractivity contribution is -0.0823. The zero-order valence-corrected chi connectivity index (χ0v) is 15.8. The van der Waals surface area contributed by atoms with Gasteiger partial charge in [0.25, 0.3) is 0 Å². The molecule has 2 atom stereocenters. The van der Waals surface area contributed by atoms with Crippen LogP contribution in [-0.2, 0) is 4.74 Å². The van der Waals surface area contributed by atoms with E-state index in [0.717, 1.165) is 32.5 Å². The Morgan fingerprint density at radius 2 is 2.10 bits per heavy atom. The van der Waals surface area contributed by atoms with Crippen molar-refractivity contribution in [3.63, 3.8) is 0 Å². The van der Waals surface area contributed by atoms with Crippen LogP contribution in [0.5, 0.6) is 0 Å². The summed E-state index contributed by atoms with van der Waals surface area (Å²) in [7, 11) is 0. The minimum Gasteiger partial charge on any atom is -0.377 e. The maximum absolute atomic E-state index is 5.96. The molecule has 20 heavy (non-hydrogen) atoms. The van der Waals surface area contributed by atoms with E-state index >= 15 is 0 Å². The molecular formula is C15H32IN3O. The Kier molecular flexibility index (Phi) is 9.80. The van der Waals surface area contributed by atoms with Gasteiger partial charge in [-0.2, -0.15) is 0 Å². The average molecular weight is 397 g/mol. The van der Waals surface area contributed by atoms with E-state index in [1.807, 2.05) is 0 Å². The van der Waals surface area contributed by atoms with Crippen molar-refractivity contribution in [3.8, 4) is 0 Å².